The van der Waals surface area contributed by atoms with Gasteiger partial charge in [-0.2, -0.15) is 0 Å². The number of nitrogens with one attached hydrogen (secondary N) is 1. The first kappa shape index (κ1) is 19.5. The molecule has 2 aliphatic heterocycles. The Morgan fingerprint density at radius 1 is 1.30 bits per heavy atom. The van der Waals surface area contributed by atoms with Gasteiger partial charge in [-0.25, -0.2) is 0 Å². The van der Waals surface area contributed by atoms with Crippen LogP contribution < -0.4 is 10.6 Å². The van der Waals surface area contributed by atoms with Gasteiger partial charge >= 0.3 is 0 Å². The number of benzene rings is 1. The van der Waals surface area contributed by atoms with Gasteiger partial charge in [0.05, 0.1) is 0 Å². The summed E-state index contributed by atoms with van der Waals surface area (Å²) in [5.74, 6) is 1.40. The predicted octanol–water partition coefficient (Wildman–Crippen LogP) is 3.28. The van der Waals surface area contributed by atoms with Crippen LogP contribution in [0.2, 0.25) is 0 Å². The third-order valence-corrected chi connectivity index (χ3v) is 5.77. The summed E-state index contributed by atoms with van der Waals surface area (Å²) in [4.78, 5) is 16.8. The van der Waals surface area contributed by atoms with E-state index in [2.05, 4.69) is 41.8 Å². The lowest BCUT2D eigenvalue weighted by Crippen LogP contribution is -2.41. The molecule has 0 aliphatic carbocycles. The van der Waals surface area contributed by atoms with Gasteiger partial charge < -0.3 is 20.9 Å². The number of hydrogen-bond donors (Lipinski definition) is 2. The minimum absolute atomic E-state index is 0.317. The van der Waals surface area contributed by atoms with Crippen molar-refractivity contribution in [3.05, 3.63) is 35.5 Å². The second kappa shape index (κ2) is 8.59. The number of rotatable bonds is 6. The molecule has 3 rings (SSSR count). The fourth-order valence-electron chi connectivity index (χ4n) is 4.22. The molecule has 146 valence electrons. The number of nitrogens with two attached hydrogens (primary N) is 1. The van der Waals surface area contributed by atoms with Crippen LogP contribution in [0.15, 0.2) is 24.4 Å². The van der Waals surface area contributed by atoms with E-state index in [0.29, 0.717) is 24.2 Å². The molecule has 5 heteroatoms. The minimum atomic E-state index is 0.317. The van der Waals surface area contributed by atoms with Gasteiger partial charge in [-0.1, -0.05) is 19.9 Å². The number of carbonyl (C=O) groups excluding carboxylic acids is 1. The highest BCUT2D eigenvalue weighted by atomic mass is 16.2. The maximum absolute atomic E-state index is 12.2. The van der Waals surface area contributed by atoms with E-state index in [-0.39, 0.29) is 0 Å². The Kier molecular flexibility index (Phi) is 6.19. The van der Waals surface area contributed by atoms with Crippen molar-refractivity contribution >= 4 is 23.4 Å². The van der Waals surface area contributed by atoms with Crippen molar-refractivity contribution in [3.63, 3.8) is 0 Å². The normalized spacial score (nSPS) is 18.1. The third-order valence-electron chi connectivity index (χ3n) is 5.77. The second-order valence-corrected chi connectivity index (χ2v) is 8.23. The van der Waals surface area contributed by atoms with Crippen LogP contribution >= 0.6 is 0 Å². The molecule has 0 atom stereocenters. The van der Waals surface area contributed by atoms with Crippen molar-refractivity contribution in [3.8, 4) is 0 Å². The van der Waals surface area contributed by atoms with Crippen molar-refractivity contribution in [2.45, 2.75) is 39.5 Å². The summed E-state index contributed by atoms with van der Waals surface area (Å²) in [6, 6.07) is 6.41. The maximum Gasteiger partial charge on any atom is 0.222 e. The molecule has 1 aromatic rings. The van der Waals surface area contributed by atoms with Crippen LogP contribution in [0.5, 0.6) is 0 Å². The first-order valence-corrected chi connectivity index (χ1v) is 10.1. The number of piperidine rings is 1. The van der Waals surface area contributed by atoms with Gasteiger partial charge in [0.1, 0.15) is 0 Å². The van der Waals surface area contributed by atoms with Crippen LogP contribution in [-0.2, 0) is 11.2 Å². The van der Waals surface area contributed by atoms with Gasteiger partial charge in [0.25, 0.3) is 0 Å². The summed E-state index contributed by atoms with van der Waals surface area (Å²) in [7, 11) is 0. The largest absolute Gasteiger partial charge is 0.404 e. The summed E-state index contributed by atoms with van der Waals surface area (Å²) < 4.78 is 0. The molecule has 0 unspecified atom stereocenters. The molecule has 5 nitrogen and oxygen atoms in total. The number of likely N-dealkylation sites (tertiary alicyclic amines) is 1. The average Bonchev–Trinajstić information content (AvgIpc) is 3.05. The standard InChI is InChI=1S/C22H32N4O/c1-16(2)11-22(27)25-8-5-17(6-9-25)15-26-10-7-19-12-18(3-4-21(19)26)20(13-23)14-24/h3-4,12-14,16-17,23H,5-11,15,24H2,1-2H3/b20-14+,23-13?. The fourth-order valence-corrected chi connectivity index (χ4v) is 4.22. The fraction of sp³-hybridized carbons (Fsp3) is 0.545. The lowest BCUT2D eigenvalue weighted by atomic mass is 9.95. The van der Waals surface area contributed by atoms with Crippen LogP contribution in [0, 0.1) is 17.2 Å². The molecule has 0 spiro atoms. The van der Waals surface area contributed by atoms with Crippen molar-refractivity contribution < 1.29 is 4.79 Å². The molecule has 2 heterocycles. The monoisotopic (exact) mass is 368 g/mol. The highest BCUT2D eigenvalue weighted by Crippen LogP contribution is 2.32. The molecule has 0 bridgehead atoms. The van der Waals surface area contributed by atoms with Gasteiger partial charge in [0.15, 0.2) is 0 Å². The molecule has 1 amide bonds. The van der Waals surface area contributed by atoms with Crippen LogP contribution in [0.3, 0.4) is 0 Å². The Morgan fingerprint density at radius 3 is 2.67 bits per heavy atom. The molecular weight excluding hydrogens is 336 g/mol. The summed E-state index contributed by atoms with van der Waals surface area (Å²) in [5.41, 5.74) is 10.1. The van der Waals surface area contributed by atoms with E-state index in [4.69, 9.17) is 11.1 Å². The Hall–Kier alpha value is -2.30. The molecule has 1 saturated heterocycles. The predicted molar refractivity (Wildman–Crippen MR) is 112 cm³/mol. The van der Waals surface area contributed by atoms with Crippen molar-refractivity contribution in [1.82, 2.24) is 4.90 Å². The minimum Gasteiger partial charge on any atom is -0.404 e. The second-order valence-electron chi connectivity index (χ2n) is 8.23. The van der Waals surface area contributed by atoms with Gasteiger partial charge in [-0.05, 0) is 54.4 Å². The van der Waals surface area contributed by atoms with Crippen LogP contribution in [0.4, 0.5) is 5.69 Å². The highest BCUT2D eigenvalue weighted by Gasteiger charge is 2.27. The number of carbonyl (C=O) groups is 1. The van der Waals surface area contributed by atoms with E-state index in [1.54, 1.807) is 0 Å². The Bertz CT molecular complexity index is 717. The lowest BCUT2D eigenvalue weighted by Gasteiger charge is -2.35. The molecule has 0 aromatic heterocycles. The molecule has 1 fully saturated rings. The molecule has 2 aliphatic rings. The lowest BCUT2D eigenvalue weighted by molar-refractivity contribution is -0.133. The molecule has 3 N–H and O–H groups in total. The quantitative estimate of drug-likeness (QED) is 0.757. The number of allylic oxidation sites excluding steroid dienone is 1. The molecule has 0 saturated carbocycles. The van der Waals surface area contributed by atoms with Crippen molar-refractivity contribution in [1.29, 1.82) is 5.41 Å². The van der Waals surface area contributed by atoms with E-state index >= 15 is 0 Å². The van der Waals surface area contributed by atoms with Crippen molar-refractivity contribution in [2.24, 2.45) is 17.6 Å². The van der Waals surface area contributed by atoms with Crippen LogP contribution in [0.1, 0.15) is 44.2 Å². The van der Waals surface area contributed by atoms with Crippen LogP contribution in [0.25, 0.3) is 5.57 Å². The Balaban J connectivity index is 1.57. The number of fused-ring (bicyclic) bond motifs is 1. The maximum atomic E-state index is 12.2. The summed E-state index contributed by atoms with van der Waals surface area (Å²) in [6.07, 6.45) is 6.72. The average molecular weight is 369 g/mol. The zero-order valence-electron chi connectivity index (χ0n) is 16.6. The smallest absolute Gasteiger partial charge is 0.222 e. The van der Waals surface area contributed by atoms with E-state index in [1.165, 1.54) is 23.7 Å². The number of amides is 1. The van der Waals surface area contributed by atoms with Crippen molar-refractivity contribution in [2.75, 3.05) is 31.1 Å². The molecular formula is C22H32N4O. The Morgan fingerprint density at radius 2 is 2.04 bits per heavy atom. The SMILES string of the molecule is CC(C)CC(=O)N1CCC(CN2CCc3cc(/C(C=N)=C/N)ccc32)CC1. The summed E-state index contributed by atoms with van der Waals surface area (Å²) >= 11 is 0. The van der Waals surface area contributed by atoms with Gasteiger partial charge in [0, 0.05) is 56.3 Å². The van der Waals surface area contributed by atoms with E-state index < -0.39 is 0 Å². The Labute approximate surface area is 162 Å². The number of nitrogens with zero attached hydrogens (tertiary/aromatic N) is 2. The molecule has 27 heavy (non-hydrogen) atoms. The van der Waals surface area contributed by atoms with E-state index in [9.17, 15) is 4.79 Å². The zero-order valence-corrected chi connectivity index (χ0v) is 16.6. The third kappa shape index (κ3) is 4.52. The molecule has 0 radical (unpaired) electrons. The summed E-state index contributed by atoms with van der Waals surface area (Å²) in [6.45, 7) is 8.14. The van der Waals surface area contributed by atoms with Gasteiger partial charge in [-0.3, -0.25) is 4.79 Å². The zero-order chi connectivity index (χ0) is 19.4. The van der Waals surface area contributed by atoms with Gasteiger partial charge in [0.2, 0.25) is 5.91 Å². The number of anilines is 1. The topological polar surface area (TPSA) is 73.4 Å². The molecule has 1 aromatic carbocycles. The van der Waals surface area contributed by atoms with E-state index in [1.807, 2.05) is 0 Å². The number of hydrogen-bond acceptors (Lipinski definition) is 4. The van der Waals surface area contributed by atoms with Gasteiger partial charge in [-0.15, -0.1) is 0 Å². The van der Waals surface area contributed by atoms with Crippen LogP contribution in [-0.4, -0.2) is 43.2 Å². The van der Waals surface area contributed by atoms with E-state index in [0.717, 1.165) is 56.6 Å². The summed E-state index contributed by atoms with van der Waals surface area (Å²) in [5, 5.41) is 7.48. The first-order chi connectivity index (χ1) is 13.0. The highest BCUT2D eigenvalue weighted by molar-refractivity contribution is 6.08. The first-order valence-electron chi connectivity index (χ1n) is 10.1.